The maximum atomic E-state index is 13.0. The van der Waals surface area contributed by atoms with Crippen LogP contribution in [0.1, 0.15) is 34.6 Å². The van der Waals surface area contributed by atoms with Gasteiger partial charge in [-0.05, 0) is 29.2 Å². The average molecular weight is 429 g/mol. The van der Waals surface area contributed by atoms with Crippen LogP contribution in [-0.4, -0.2) is 23.8 Å². The van der Waals surface area contributed by atoms with Gasteiger partial charge in [0.2, 0.25) is 11.8 Å². The van der Waals surface area contributed by atoms with E-state index in [0.717, 1.165) is 22.4 Å². The van der Waals surface area contributed by atoms with Crippen LogP contribution in [0, 0.1) is 5.92 Å². The number of rotatable bonds is 4. The van der Waals surface area contributed by atoms with Crippen LogP contribution in [0.2, 0.25) is 0 Å². The van der Waals surface area contributed by atoms with Crippen LogP contribution in [0.15, 0.2) is 78.9 Å². The fourth-order valence-corrected chi connectivity index (χ4v) is 4.62. The topological polar surface area (TPSA) is 72.6 Å². The molecule has 0 radical (unpaired) electrons. The molecule has 164 valence electrons. The molecule has 5 heteroatoms. The molecule has 0 bridgehead atoms. The molecule has 3 aromatic rings. The van der Waals surface area contributed by atoms with Gasteiger partial charge in [-0.15, -0.1) is 0 Å². The normalized spacial score (nSPS) is 19.0. The highest BCUT2D eigenvalue weighted by Crippen LogP contribution is 2.48. The number of methoxy groups -OCH3 is 1. The van der Waals surface area contributed by atoms with Gasteiger partial charge in [0.1, 0.15) is 5.75 Å². The third-order valence-electron chi connectivity index (χ3n) is 6.21. The zero-order chi connectivity index (χ0) is 22.5. The fraction of sp³-hybridized carbons (Fsp3) is 0.259. The molecule has 5 rings (SSSR count). The maximum Gasteiger partial charge on any atom is 0.233 e. The van der Waals surface area contributed by atoms with Gasteiger partial charge >= 0.3 is 0 Å². The van der Waals surface area contributed by atoms with Crippen molar-refractivity contribution in [2.45, 2.75) is 31.8 Å². The van der Waals surface area contributed by atoms with Gasteiger partial charge < -0.3 is 10.5 Å². The summed E-state index contributed by atoms with van der Waals surface area (Å²) in [6, 6.07) is 25.5. The monoisotopic (exact) mass is 428 g/mol. The number of hydrogen-bond donors (Lipinski definition) is 1. The first-order valence-corrected chi connectivity index (χ1v) is 10.9. The lowest BCUT2D eigenvalue weighted by Crippen LogP contribution is -2.46. The highest BCUT2D eigenvalue weighted by Gasteiger charge is 2.47. The summed E-state index contributed by atoms with van der Waals surface area (Å²) in [5.74, 6) is 0.431. The van der Waals surface area contributed by atoms with E-state index in [4.69, 9.17) is 10.5 Å². The summed E-state index contributed by atoms with van der Waals surface area (Å²) >= 11 is 0. The first-order valence-electron chi connectivity index (χ1n) is 10.9. The van der Waals surface area contributed by atoms with E-state index in [1.54, 1.807) is 7.11 Å². The van der Waals surface area contributed by atoms with Crippen LogP contribution in [0.5, 0.6) is 5.75 Å². The summed E-state index contributed by atoms with van der Waals surface area (Å²) in [5, 5.41) is 0. The summed E-state index contributed by atoms with van der Waals surface area (Å²) in [6.07, 6.45) is 1.06. The Morgan fingerprint density at radius 2 is 1.50 bits per heavy atom. The summed E-state index contributed by atoms with van der Waals surface area (Å²) in [7, 11) is 1.64. The van der Waals surface area contributed by atoms with Gasteiger partial charge in [0, 0.05) is 24.4 Å². The summed E-state index contributed by atoms with van der Waals surface area (Å²) in [5.41, 5.74) is 9.69. The number of hydrogen-bond acceptors (Lipinski definition) is 4. The van der Waals surface area contributed by atoms with Crippen molar-refractivity contribution in [3.63, 3.8) is 0 Å². The van der Waals surface area contributed by atoms with E-state index in [-0.39, 0.29) is 23.7 Å². The molecular weight excluding hydrogens is 400 g/mol. The molecule has 0 aromatic heterocycles. The van der Waals surface area contributed by atoms with Gasteiger partial charge in [-0.3, -0.25) is 14.5 Å². The molecule has 3 aromatic carbocycles. The molecule has 2 amide bonds. The van der Waals surface area contributed by atoms with Gasteiger partial charge in [0.05, 0.1) is 19.6 Å². The minimum absolute atomic E-state index is 0.0526. The van der Waals surface area contributed by atoms with Crippen molar-refractivity contribution < 1.29 is 14.3 Å². The molecule has 1 aliphatic heterocycles. The summed E-state index contributed by atoms with van der Waals surface area (Å²) in [4.78, 5) is 27.0. The van der Waals surface area contributed by atoms with Crippen LogP contribution < -0.4 is 10.5 Å². The molecule has 0 spiro atoms. The Balaban J connectivity index is 0.000000260. The van der Waals surface area contributed by atoms with Crippen LogP contribution in [0.25, 0.3) is 0 Å². The van der Waals surface area contributed by atoms with Crippen molar-refractivity contribution >= 4 is 11.8 Å². The Labute approximate surface area is 188 Å². The zero-order valence-corrected chi connectivity index (χ0v) is 18.2. The maximum absolute atomic E-state index is 13.0. The molecule has 2 unspecified atom stereocenters. The van der Waals surface area contributed by atoms with Crippen molar-refractivity contribution in [1.29, 1.82) is 0 Å². The fourth-order valence-electron chi connectivity index (χ4n) is 4.62. The molecule has 1 heterocycles. The lowest BCUT2D eigenvalue weighted by molar-refractivity contribution is -0.153. The van der Waals surface area contributed by atoms with E-state index >= 15 is 0 Å². The van der Waals surface area contributed by atoms with E-state index in [9.17, 15) is 9.59 Å². The number of likely N-dealkylation sites (tertiary alicyclic amines) is 1. The largest absolute Gasteiger partial charge is 0.496 e. The minimum atomic E-state index is -0.155. The number of carbonyl (C=O) groups excluding carboxylic acids is 2. The van der Waals surface area contributed by atoms with Crippen LogP contribution in [0.4, 0.5) is 0 Å². The van der Waals surface area contributed by atoms with Crippen LogP contribution in [-0.2, 0) is 29.1 Å². The van der Waals surface area contributed by atoms with E-state index in [0.29, 0.717) is 25.9 Å². The highest BCUT2D eigenvalue weighted by atomic mass is 16.5. The number of benzene rings is 3. The van der Waals surface area contributed by atoms with Gasteiger partial charge in [0.25, 0.3) is 0 Å². The van der Waals surface area contributed by atoms with Gasteiger partial charge in [-0.25, -0.2) is 0 Å². The highest BCUT2D eigenvalue weighted by molar-refractivity contribution is 6.00. The predicted octanol–water partition coefficient (Wildman–Crippen LogP) is 4.06. The molecule has 2 atom stereocenters. The minimum Gasteiger partial charge on any atom is -0.496 e. The lowest BCUT2D eigenvalue weighted by Gasteiger charge is -2.33. The molecule has 1 saturated heterocycles. The molecule has 1 fully saturated rings. The number of carbonyl (C=O) groups is 2. The van der Waals surface area contributed by atoms with E-state index in [1.807, 2.05) is 78.9 Å². The third kappa shape index (κ3) is 4.43. The van der Waals surface area contributed by atoms with Crippen LogP contribution >= 0.6 is 0 Å². The Bertz CT molecular complexity index is 1080. The number of nitrogens with zero attached hydrogens (tertiary/aromatic N) is 1. The average Bonchev–Trinajstić information content (AvgIpc) is 3.22. The molecule has 5 nitrogen and oxygen atoms in total. The lowest BCUT2D eigenvalue weighted by atomic mass is 9.84. The smallest absolute Gasteiger partial charge is 0.233 e. The summed E-state index contributed by atoms with van der Waals surface area (Å²) < 4.78 is 5.46. The van der Waals surface area contributed by atoms with Crippen molar-refractivity contribution in [3.05, 3.63) is 101 Å². The SMILES string of the molecule is COc1cccc2c1C1CC(=O)N(Cc3ccccc3)C(=O)C1C2.NCc1ccccc1. The van der Waals surface area contributed by atoms with E-state index in [2.05, 4.69) is 0 Å². The Hall–Kier alpha value is -3.44. The number of ether oxygens (including phenoxy) is 1. The van der Waals surface area contributed by atoms with Crippen molar-refractivity contribution in [2.75, 3.05) is 7.11 Å². The van der Waals surface area contributed by atoms with Gasteiger partial charge in [0.15, 0.2) is 0 Å². The predicted molar refractivity (Wildman–Crippen MR) is 124 cm³/mol. The summed E-state index contributed by atoms with van der Waals surface area (Å²) in [6.45, 7) is 0.996. The number of imide groups is 1. The quantitative estimate of drug-likeness (QED) is 0.636. The second kappa shape index (κ2) is 9.79. The molecule has 0 saturated carbocycles. The van der Waals surface area contributed by atoms with Crippen molar-refractivity contribution in [2.24, 2.45) is 11.7 Å². The molecule has 2 aliphatic rings. The second-order valence-corrected chi connectivity index (χ2v) is 8.15. The van der Waals surface area contributed by atoms with Gasteiger partial charge in [-0.1, -0.05) is 72.8 Å². The Kier molecular flexibility index (Phi) is 6.66. The first kappa shape index (κ1) is 21.8. The van der Waals surface area contributed by atoms with E-state index in [1.165, 1.54) is 10.5 Å². The molecular formula is C27H28N2O3. The first-order chi connectivity index (χ1) is 15.6. The number of amides is 2. The van der Waals surface area contributed by atoms with Crippen molar-refractivity contribution in [1.82, 2.24) is 4.90 Å². The molecule has 1 aliphatic carbocycles. The zero-order valence-electron chi connectivity index (χ0n) is 18.2. The number of fused-ring (bicyclic) bond motifs is 3. The van der Waals surface area contributed by atoms with E-state index < -0.39 is 0 Å². The van der Waals surface area contributed by atoms with Crippen LogP contribution in [0.3, 0.4) is 0 Å². The number of piperidine rings is 1. The Morgan fingerprint density at radius 1 is 0.844 bits per heavy atom. The third-order valence-corrected chi connectivity index (χ3v) is 6.21. The molecule has 32 heavy (non-hydrogen) atoms. The Morgan fingerprint density at radius 3 is 2.09 bits per heavy atom. The standard InChI is InChI=1S/C20H19NO3.C7H9N/c1-24-17-9-5-8-14-10-16-15(19(14)17)11-18(22)21(20(16)23)12-13-6-3-2-4-7-13;8-6-7-4-2-1-3-5-7/h2-9,15-16H,10-12H2,1H3;1-5H,6,8H2. The van der Waals surface area contributed by atoms with Gasteiger partial charge in [-0.2, -0.15) is 0 Å². The van der Waals surface area contributed by atoms with Crippen molar-refractivity contribution in [3.8, 4) is 5.75 Å². The number of nitrogens with two attached hydrogens (primary N) is 1. The molecule has 2 N–H and O–H groups in total. The second-order valence-electron chi connectivity index (χ2n) is 8.15.